The fourth-order valence-electron chi connectivity index (χ4n) is 7.79. The maximum Gasteiger partial charge on any atom is 0.410 e. The van der Waals surface area contributed by atoms with Crippen LogP contribution >= 0.6 is 0 Å². The Kier molecular flexibility index (Phi) is 20.0. The number of nitrogens with zero attached hydrogens (tertiary/aromatic N) is 2. The number of hydrogen-bond donors (Lipinski definition) is 9. The maximum atomic E-state index is 13.7. The van der Waals surface area contributed by atoms with E-state index in [0.717, 1.165) is 4.90 Å². The molecule has 0 bridgehead atoms. The molecule has 4 rings (SSSR count). The fraction of sp³-hybridized carbons (Fsp3) is 0.717. The largest absolute Gasteiger partial charge is 0.466 e. The second-order valence-corrected chi connectivity index (χ2v) is 21.0. The summed E-state index contributed by atoms with van der Waals surface area (Å²) < 4.78 is 46.1. The zero-order valence-electron chi connectivity index (χ0n) is 42.6. The topological polar surface area (TPSA) is 361 Å². The molecule has 26 heteroatoms. The van der Waals surface area contributed by atoms with Crippen molar-refractivity contribution in [1.82, 2.24) is 26.2 Å². The molecule has 1 saturated carbocycles. The van der Waals surface area contributed by atoms with E-state index in [1.807, 2.05) is 0 Å². The molecular weight excluding hydrogens is 955 g/mol. The number of amides is 5. The molecule has 2 aliphatic heterocycles. The number of nitrogens with one attached hydrogen (secondary N) is 4. The summed E-state index contributed by atoms with van der Waals surface area (Å²) in [5.41, 5.74) is 2.16. The van der Waals surface area contributed by atoms with Gasteiger partial charge in [0, 0.05) is 25.7 Å². The van der Waals surface area contributed by atoms with Crippen LogP contribution < -0.4 is 27.0 Å². The van der Waals surface area contributed by atoms with E-state index < -0.39 is 131 Å². The van der Waals surface area contributed by atoms with Crippen LogP contribution in [0.25, 0.3) is 0 Å². The third kappa shape index (κ3) is 17.9. The molecule has 1 aliphatic carbocycles. The number of nitrogens with two attached hydrogens (primary N) is 1. The van der Waals surface area contributed by atoms with Crippen molar-refractivity contribution < 1.29 is 87.2 Å². The molecule has 0 spiro atoms. The molecule has 2 heterocycles. The predicted octanol–water partition coefficient (Wildman–Crippen LogP) is 1.67. The Morgan fingerprint density at radius 1 is 0.861 bits per heavy atom. The highest BCUT2D eigenvalue weighted by Gasteiger charge is 2.55. The van der Waals surface area contributed by atoms with E-state index in [1.54, 1.807) is 68.4 Å². The van der Waals surface area contributed by atoms with Crippen molar-refractivity contribution in [3.05, 3.63) is 51.8 Å². The number of aliphatic hydroxyl groups is 4. The van der Waals surface area contributed by atoms with E-state index in [4.69, 9.17) is 43.6 Å². The molecule has 12 atom stereocenters. The molecule has 10 N–H and O–H groups in total. The van der Waals surface area contributed by atoms with Crippen LogP contribution in [0.5, 0.6) is 0 Å². The number of ether oxygens (including phenoxy) is 8. The van der Waals surface area contributed by atoms with Gasteiger partial charge in [-0.15, -0.1) is 0 Å². The number of nitro benzene ring substituents is 1. The van der Waals surface area contributed by atoms with Gasteiger partial charge in [-0.2, -0.15) is 0 Å². The third-order valence-electron chi connectivity index (χ3n) is 11.0. The van der Waals surface area contributed by atoms with Crippen molar-refractivity contribution in [2.45, 2.75) is 185 Å². The number of carbonyl (C=O) groups excluding carboxylic acids is 5. The second-order valence-electron chi connectivity index (χ2n) is 21.0. The molecule has 1 saturated heterocycles. The van der Waals surface area contributed by atoms with Crippen LogP contribution in [0.4, 0.5) is 24.9 Å². The molecule has 2 fully saturated rings. The van der Waals surface area contributed by atoms with E-state index >= 15 is 0 Å². The SMILES string of the molecule is CN(C(=O)OC(C)(C)C)[C@@H]1[C@@H](O)[C@@H](O[C@@H]2[C@@H](O)[C@H](O[C@H]3OC(CNC(=O)OCc4ccc([N+](=O)[O-])cc4)=CC[C@H]3N)[C@@H](NC(=O)OC(C)(C)C)C[C@H]2NC(=O)[C@@H](O)CCNC(=O)OC(C)(C)C)OC[C@]1(C)O. The van der Waals surface area contributed by atoms with Crippen LogP contribution in [0.1, 0.15) is 94.1 Å². The maximum absolute atomic E-state index is 13.7. The molecule has 0 unspecified atom stereocenters. The number of likely N-dealkylation sites (N-methyl/N-ethyl adjacent to an activating group) is 1. The number of carbonyl (C=O) groups is 5. The smallest absolute Gasteiger partial charge is 0.410 e. The van der Waals surface area contributed by atoms with Gasteiger partial charge in [0.2, 0.25) is 12.2 Å². The van der Waals surface area contributed by atoms with Crippen molar-refractivity contribution >= 4 is 36.0 Å². The average Bonchev–Trinajstić information content (AvgIpc) is 3.24. The summed E-state index contributed by atoms with van der Waals surface area (Å²) in [5.74, 6) is -0.834. The summed E-state index contributed by atoms with van der Waals surface area (Å²) >= 11 is 0. The molecular formula is C46H73N7O19. The Labute approximate surface area is 417 Å². The predicted molar refractivity (Wildman–Crippen MR) is 251 cm³/mol. The van der Waals surface area contributed by atoms with Gasteiger partial charge in [-0.25, -0.2) is 19.2 Å². The molecule has 3 aliphatic rings. The van der Waals surface area contributed by atoms with Crippen LogP contribution in [0.15, 0.2) is 36.1 Å². The van der Waals surface area contributed by atoms with Gasteiger partial charge in [-0.1, -0.05) is 0 Å². The summed E-state index contributed by atoms with van der Waals surface area (Å²) in [6, 6.07) is 0.468. The first-order valence-electron chi connectivity index (χ1n) is 23.4. The lowest BCUT2D eigenvalue weighted by molar-refractivity contribution is -0.384. The lowest BCUT2D eigenvalue weighted by Gasteiger charge is -2.50. The van der Waals surface area contributed by atoms with E-state index in [2.05, 4.69) is 21.3 Å². The van der Waals surface area contributed by atoms with Gasteiger partial charge >= 0.3 is 24.4 Å². The standard InChI is InChI=1S/C46H73N7O19/c1-43(2,3)70-40(59)48-19-18-30(54)36(57)50-28-20-29(51-41(60)71-44(4,5)6)34(31(55)33(28)69-38-32(56)35(46(10,62)23-66-38)52(11)42(61)72-45(7,8)9)68-37-27(47)17-16-26(67-37)21-49-39(58)65-22-24-12-14-25(15-13-24)53(63)64/h12-16,27-35,37-38,54-56,62H,17-23,47H2,1-11H3,(H,48,59)(H,49,58)(H,50,57)(H,51,60)/t27-,28-,29+,30+,31-,32-,33+,34-,35-,37-,38-,46+/m1/s1. The monoisotopic (exact) mass is 1030 g/mol. The molecule has 72 heavy (non-hydrogen) atoms. The Morgan fingerprint density at radius 3 is 2.01 bits per heavy atom. The van der Waals surface area contributed by atoms with Gasteiger partial charge in [-0.3, -0.25) is 14.9 Å². The Bertz CT molecular complexity index is 2070. The van der Waals surface area contributed by atoms with Crippen molar-refractivity contribution in [2.24, 2.45) is 5.73 Å². The lowest BCUT2D eigenvalue weighted by Crippen LogP contribution is -2.70. The molecule has 0 radical (unpaired) electrons. The fourth-order valence-corrected chi connectivity index (χ4v) is 7.79. The second kappa shape index (κ2) is 24.4. The van der Waals surface area contributed by atoms with Crippen LogP contribution in [0.3, 0.4) is 0 Å². The van der Waals surface area contributed by atoms with Gasteiger partial charge in [0.15, 0.2) is 6.29 Å². The number of rotatable bonds is 16. The Hall–Kier alpha value is -5.61. The van der Waals surface area contributed by atoms with E-state index in [9.17, 15) is 54.5 Å². The van der Waals surface area contributed by atoms with Gasteiger partial charge in [0.1, 0.15) is 65.3 Å². The van der Waals surface area contributed by atoms with Gasteiger partial charge < -0.3 is 90.2 Å². The first-order valence-corrected chi connectivity index (χ1v) is 23.4. The third-order valence-corrected chi connectivity index (χ3v) is 11.0. The van der Waals surface area contributed by atoms with E-state index in [0.29, 0.717) is 5.56 Å². The molecule has 26 nitrogen and oxygen atoms in total. The number of alkyl carbamates (subject to hydrolysis) is 3. The van der Waals surface area contributed by atoms with Gasteiger partial charge in [0.05, 0.1) is 42.2 Å². The van der Waals surface area contributed by atoms with Crippen LogP contribution in [0, 0.1) is 10.1 Å². The van der Waals surface area contributed by atoms with Crippen molar-refractivity contribution in [2.75, 3.05) is 26.7 Å². The number of aliphatic hydroxyl groups excluding tert-OH is 3. The normalized spacial score (nSPS) is 28.1. The summed E-state index contributed by atoms with van der Waals surface area (Å²) in [4.78, 5) is 76.7. The van der Waals surface area contributed by atoms with Gasteiger partial charge in [-0.05, 0) is 112 Å². The minimum atomic E-state index is -1.90. The average molecular weight is 1030 g/mol. The number of nitro groups is 1. The number of hydrogen-bond acceptors (Lipinski definition) is 20. The lowest BCUT2D eigenvalue weighted by atomic mass is 9.82. The summed E-state index contributed by atoms with van der Waals surface area (Å²) in [6.45, 7) is 14.9. The van der Waals surface area contributed by atoms with Crippen LogP contribution in [-0.4, -0.2) is 177 Å². The quantitative estimate of drug-likeness (QED) is 0.0646. The van der Waals surface area contributed by atoms with Crippen molar-refractivity contribution in [1.29, 1.82) is 0 Å². The highest BCUT2D eigenvalue weighted by molar-refractivity contribution is 5.81. The zero-order valence-corrected chi connectivity index (χ0v) is 42.6. The summed E-state index contributed by atoms with van der Waals surface area (Å²) in [7, 11) is 1.30. The summed E-state index contributed by atoms with van der Waals surface area (Å²) in [6.07, 6.45) is -14.2. The van der Waals surface area contributed by atoms with Crippen LogP contribution in [-0.2, 0) is 49.3 Å². The van der Waals surface area contributed by atoms with Crippen molar-refractivity contribution in [3.8, 4) is 0 Å². The summed E-state index contributed by atoms with van der Waals surface area (Å²) in [5, 5.41) is 67.9. The first kappa shape index (κ1) is 59.0. The number of non-ortho nitro benzene ring substituents is 1. The Balaban J connectivity index is 1.62. The molecule has 5 amide bonds. The van der Waals surface area contributed by atoms with E-state index in [1.165, 1.54) is 38.2 Å². The van der Waals surface area contributed by atoms with E-state index in [-0.39, 0.29) is 50.4 Å². The Morgan fingerprint density at radius 2 is 1.43 bits per heavy atom. The minimum Gasteiger partial charge on any atom is -0.466 e. The van der Waals surface area contributed by atoms with Crippen LogP contribution in [0.2, 0.25) is 0 Å². The number of benzene rings is 1. The molecule has 0 aromatic heterocycles. The molecule has 406 valence electrons. The van der Waals surface area contributed by atoms with Crippen molar-refractivity contribution in [3.63, 3.8) is 0 Å². The molecule has 1 aromatic rings. The zero-order chi connectivity index (χ0) is 54.1. The van der Waals surface area contributed by atoms with Gasteiger partial charge in [0.25, 0.3) is 5.69 Å². The first-order chi connectivity index (χ1) is 33.2. The highest BCUT2D eigenvalue weighted by Crippen LogP contribution is 2.35. The minimum absolute atomic E-state index is 0.125. The highest BCUT2D eigenvalue weighted by atomic mass is 16.7. The molecule has 1 aromatic carbocycles.